The van der Waals surface area contributed by atoms with E-state index in [1.54, 1.807) is 14.2 Å². The molecule has 0 aliphatic heterocycles. The van der Waals surface area contributed by atoms with Crippen LogP contribution in [0.2, 0.25) is 0 Å². The zero-order chi connectivity index (χ0) is 21.5. The van der Waals surface area contributed by atoms with Gasteiger partial charge in [0.2, 0.25) is 0 Å². The van der Waals surface area contributed by atoms with Gasteiger partial charge < -0.3 is 18.9 Å². The van der Waals surface area contributed by atoms with Crippen LogP contribution >= 0.6 is 0 Å². The minimum absolute atomic E-state index is 0.0136. The fourth-order valence-electron chi connectivity index (χ4n) is 4.39. The molecule has 4 heteroatoms. The lowest BCUT2D eigenvalue weighted by Crippen LogP contribution is -2.47. The van der Waals surface area contributed by atoms with Crippen LogP contribution in [0.15, 0.2) is 24.8 Å². The third kappa shape index (κ3) is 9.49. The van der Waals surface area contributed by atoms with E-state index in [1.807, 2.05) is 13.0 Å². The molecule has 0 bridgehead atoms. The molecule has 4 unspecified atom stereocenters. The van der Waals surface area contributed by atoms with Crippen molar-refractivity contribution in [3.8, 4) is 11.8 Å². The average molecular weight is 407 g/mol. The fourth-order valence-corrected chi connectivity index (χ4v) is 4.39. The summed E-state index contributed by atoms with van der Waals surface area (Å²) in [6, 6.07) is 0. The first-order valence-corrected chi connectivity index (χ1v) is 11.0. The summed E-state index contributed by atoms with van der Waals surface area (Å²) in [6.07, 6.45) is 12.8. The van der Waals surface area contributed by atoms with Gasteiger partial charge in [-0.2, -0.15) is 0 Å². The SMILES string of the molecule is C=CCC1CCCC(OCOC)C1C(OCOC)[C@@H](CC#CC)C/C=C/C(C)C. The molecule has 0 aromatic rings. The Morgan fingerprint density at radius 1 is 1.14 bits per heavy atom. The number of hydrogen-bond donors (Lipinski definition) is 0. The largest absolute Gasteiger partial charge is 0.359 e. The summed E-state index contributed by atoms with van der Waals surface area (Å²) in [6.45, 7) is 10.9. The Kier molecular flexibility index (Phi) is 14.0. The molecule has 1 rings (SSSR count). The molecule has 4 nitrogen and oxygen atoms in total. The van der Waals surface area contributed by atoms with E-state index in [2.05, 4.69) is 44.4 Å². The smallest absolute Gasteiger partial charge is 0.146 e. The minimum Gasteiger partial charge on any atom is -0.359 e. The van der Waals surface area contributed by atoms with Gasteiger partial charge in [-0.25, -0.2) is 0 Å². The van der Waals surface area contributed by atoms with Gasteiger partial charge in [0.1, 0.15) is 13.6 Å². The van der Waals surface area contributed by atoms with Gasteiger partial charge in [0.05, 0.1) is 12.2 Å². The van der Waals surface area contributed by atoms with Crippen molar-refractivity contribution in [3.05, 3.63) is 24.8 Å². The highest BCUT2D eigenvalue weighted by Crippen LogP contribution is 2.41. The summed E-state index contributed by atoms with van der Waals surface area (Å²) in [5.41, 5.74) is 0. The lowest BCUT2D eigenvalue weighted by Gasteiger charge is -2.44. The number of ether oxygens (including phenoxy) is 4. The van der Waals surface area contributed by atoms with Crippen LogP contribution in [0.5, 0.6) is 0 Å². The number of allylic oxidation sites excluding steroid dienone is 3. The maximum Gasteiger partial charge on any atom is 0.146 e. The van der Waals surface area contributed by atoms with Gasteiger partial charge in [0.15, 0.2) is 0 Å². The molecule has 0 aromatic heterocycles. The molecular formula is C25H42O4. The van der Waals surface area contributed by atoms with Crippen LogP contribution in [-0.4, -0.2) is 40.0 Å². The number of hydrogen-bond acceptors (Lipinski definition) is 4. The molecule has 1 saturated carbocycles. The molecule has 1 aliphatic rings. The molecule has 166 valence electrons. The molecule has 0 saturated heterocycles. The Labute approximate surface area is 179 Å². The number of methoxy groups -OCH3 is 2. The first kappa shape index (κ1) is 25.9. The minimum atomic E-state index is 0.0136. The van der Waals surface area contributed by atoms with Gasteiger partial charge in [-0.3, -0.25) is 0 Å². The fraction of sp³-hybridized carbons (Fsp3) is 0.760. The van der Waals surface area contributed by atoms with Gasteiger partial charge in [-0.1, -0.05) is 38.5 Å². The Balaban J connectivity index is 3.19. The first-order chi connectivity index (χ1) is 14.1. The van der Waals surface area contributed by atoms with Gasteiger partial charge in [-0.15, -0.1) is 18.4 Å². The van der Waals surface area contributed by atoms with Crippen molar-refractivity contribution in [2.24, 2.45) is 23.7 Å². The highest BCUT2D eigenvalue weighted by Gasteiger charge is 2.42. The summed E-state index contributed by atoms with van der Waals surface area (Å²) >= 11 is 0. The molecule has 1 fully saturated rings. The van der Waals surface area contributed by atoms with Crippen LogP contribution in [0.25, 0.3) is 0 Å². The van der Waals surface area contributed by atoms with Crippen LogP contribution < -0.4 is 0 Å². The van der Waals surface area contributed by atoms with E-state index in [9.17, 15) is 0 Å². The molecule has 0 spiro atoms. The molecule has 0 N–H and O–H groups in total. The Bertz CT molecular complexity index is 517. The second kappa shape index (κ2) is 15.7. The molecule has 0 aromatic carbocycles. The predicted octanol–water partition coefficient (Wildman–Crippen LogP) is 5.59. The summed E-state index contributed by atoms with van der Waals surface area (Å²) in [5.74, 6) is 7.93. The topological polar surface area (TPSA) is 36.9 Å². The van der Waals surface area contributed by atoms with Crippen LogP contribution in [0.3, 0.4) is 0 Å². The van der Waals surface area contributed by atoms with Crippen LogP contribution in [0.4, 0.5) is 0 Å². The van der Waals surface area contributed by atoms with E-state index in [0.717, 1.165) is 32.1 Å². The van der Waals surface area contributed by atoms with Crippen LogP contribution in [0.1, 0.15) is 59.3 Å². The predicted molar refractivity (Wildman–Crippen MR) is 119 cm³/mol. The zero-order valence-electron chi connectivity index (χ0n) is 19.2. The summed E-state index contributed by atoms with van der Waals surface area (Å²) < 4.78 is 23.0. The van der Waals surface area contributed by atoms with E-state index in [4.69, 9.17) is 18.9 Å². The van der Waals surface area contributed by atoms with Crippen molar-refractivity contribution < 1.29 is 18.9 Å². The third-order valence-corrected chi connectivity index (χ3v) is 5.63. The Hall–Kier alpha value is -1.12. The normalized spacial score (nSPS) is 24.3. The van der Waals surface area contributed by atoms with Gasteiger partial charge in [0.25, 0.3) is 0 Å². The quantitative estimate of drug-likeness (QED) is 0.214. The molecule has 5 atom stereocenters. The van der Waals surface area contributed by atoms with Gasteiger partial charge >= 0.3 is 0 Å². The molecule has 1 aliphatic carbocycles. The molecule has 29 heavy (non-hydrogen) atoms. The van der Waals surface area contributed by atoms with E-state index in [1.165, 1.54) is 6.42 Å². The summed E-state index contributed by atoms with van der Waals surface area (Å²) in [7, 11) is 3.35. The van der Waals surface area contributed by atoms with Gasteiger partial charge in [0, 0.05) is 26.6 Å². The van der Waals surface area contributed by atoms with E-state index in [-0.39, 0.29) is 30.8 Å². The third-order valence-electron chi connectivity index (χ3n) is 5.63. The summed E-state index contributed by atoms with van der Waals surface area (Å²) in [5, 5.41) is 0. The summed E-state index contributed by atoms with van der Waals surface area (Å²) in [4.78, 5) is 0. The monoisotopic (exact) mass is 406 g/mol. The Morgan fingerprint density at radius 3 is 2.52 bits per heavy atom. The second-order valence-corrected chi connectivity index (χ2v) is 8.24. The molecular weight excluding hydrogens is 364 g/mol. The average Bonchev–Trinajstić information content (AvgIpc) is 2.71. The van der Waals surface area contributed by atoms with Gasteiger partial charge in [-0.05, 0) is 50.4 Å². The van der Waals surface area contributed by atoms with Crippen molar-refractivity contribution in [3.63, 3.8) is 0 Å². The maximum atomic E-state index is 6.36. The van der Waals surface area contributed by atoms with Crippen molar-refractivity contribution in [1.29, 1.82) is 0 Å². The molecule has 0 heterocycles. The van der Waals surface area contributed by atoms with Crippen molar-refractivity contribution in [1.82, 2.24) is 0 Å². The lowest BCUT2D eigenvalue weighted by molar-refractivity contribution is -0.178. The molecule has 0 radical (unpaired) electrons. The standard InChI is InChI=1S/C25H42O4/c1-7-9-14-22(16-10-13-20(3)4)25(29-19-27-6)24-21(12-8-2)15-11-17-23(24)28-18-26-5/h8,10,13,20-25H,2,11-12,14-19H2,1,3-6H3/b13-10+/t21?,22-,23?,24?,25?/m0/s1. The van der Waals surface area contributed by atoms with Crippen molar-refractivity contribution in [2.45, 2.75) is 71.5 Å². The van der Waals surface area contributed by atoms with Crippen LogP contribution in [-0.2, 0) is 18.9 Å². The Morgan fingerprint density at radius 2 is 1.90 bits per heavy atom. The lowest BCUT2D eigenvalue weighted by atomic mass is 9.69. The van der Waals surface area contributed by atoms with Crippen molar-refractivity contribution >= 4 is 0 Å². The van der Waals surface area contributed by atoms with E-state index < -0.39 is 0 Å². The van der Waals surface area contributed by atoms with Crippen molar-refractivity contribution in [2.75, 3.05) is 27.8 Å². The second-order valence-electron chi connectivity index (χ2n) is 8.24. The number of rotatable bonds is 14. The van der Waals surface area contributed by atoms with Crippen LogP contribution in [0, 0.1) is 35.5 Å². The highest BCUT2D eigenvalue weighted by molar-refractivity contribution is 5.03. The molecule has 0 amide bonds. The van der Waals surface area contributed by atoms with E-state index >= 15 is 0 Å². The highest BCUT2D eigenvalue weighted by atomic mass is 16.7. The zero-order valence-corrected chi connectivity index (χ0v) is 19.2. The van der Waals surface area contributed by atoms with E-state index in [0.29, 0.717) is 18.6 Å². The first-order valence-electron chi connectivity index (χ1n) is 11.0. The maximum absolute atomic E-state index is 6.36.